The van der Waals surface area contributed by atoms with Crippen LogP contribution < -0.4 is 0 Å². The number of benzene rings is 1. The first kappa shape index (κ1) is 12.6. The zero-order valence-electron chi connectivity index (χ0n) is 10.7. The van der Waals surface area contributed by atoms with Gasteiger partial charge in [0.2, 0.25) is 0 Å². The molecule has 1 N–H and O–H groups in total. The first-order valence-corrected chi connectivity index (χ1v) is 6.43. The molecule has 0 bridgehead atoms. The molecule has 1 aliphatic rings. The largest absolute Gasteiger partial charge is 0.390 e. The Morgan fingerprint density at radius 1 is 1.29 bits per heavy atom. The number of hydrogen-bond donors (Lipinski definition) is 1. The molecule has 17 heavy (non-hydrogen) atoms. The van der Waals surface area contributed by atoms with Crippen molar-refractivity contribution in [2.75, 3.05) is 0 Å². The van der Waals surface area contributed by atoms with Crippen molar-refractivity contribution in [1.29, 1.82) is 0 Å². The van der Waals surface area contributed by atoms with Gasteiger partial charge in [-0.25, -0.2) is 0 Å². The van der Waals surface area contributed by atoms with E-state index in [1.54, 1.807) is 0 Å². The molecule has 1 aliphatic carbocycles. The summed E-state index contributed by atoms with van der Waals surface area (Å²) in [4.78, 5) is 0. The van der Waals surface area contributed by atoms with Crippen LogP contribution in [-0.4, -0.2) is 17.3 Å². The predicted octanol–water partition coefficient (Wildman–Crippen LogP) is 3.14. The molecule has 0 saturated heterocycles. The van der Waals surface area contributed by atoms with Crippen LogP contribution in [0.2, 0.25) is 0 Å². The van der Waals surface area contributed by atoms with Gasteiger partial charge in [0.15, 0.2) is 0 Å². The Hall–Kier alpha value is -0.860. The molecule has 0 amide bonds. The van der Waals surface area contributed by atoms with Gasteiger partial charge in [-0.05, 0) is 23.8 Å². The molecule has 1 aromatic rings. The fourth-order valence-corrected chi connectivity index (χ4v) is 2.52. The van der Waals surface area contributed by atoms with Gasteiger partial charge < -0.3 is 9.84 Å². The summed E-state index contributed by atoms with van der Waals surface area (Å²) in [7, 11) is 0. The number of aliphatic hydroxyl groups excluding tert-OH is 1. The normalized spacial score (nSPS) is 27.9. The smallest absolute Gasteiger partial charge is 0.0852 e. The van der Waals surface area contributed by atoms with Crippen molar-refractivity contribution < 1.29 is 9.84 Å². The van der Waals surface area contributed by atoms with Crippen molar-refractivity contribution in [2.24, 2.45) is 5.41 Å². The van der Waals surface area contributed by atoms with Crippen LogP contribution in [0, 0.1) is 5.41 Å². The van der Waals surface area contributed by atoms with E-state index >= 15 is 0 Å². The molecular weight excluding hydrogens is 212 g/mol. The summed E-state index contributed by atoms with van der Waals surface area (Å²) in [6.07, 6.45) is 2.83. The van der Waals surface area contributed by atoms with E-state index in [-0.39, 0.29) is 17.6 Å². The lowest BCUT2D eigenvalue weighted by molar-refractivity contribution is -0.117. The third kappa shape index (κ3) is 3.08. The second-order valence-electron chi connectivity index (χ2n) is 5.66. The van der Waals surface area contributed by atoms with Crippen LogP contribution in [0.25, 0.3) is 0 Å². The van der Waals surface area contributed by atoms with Gasteiger partial charge in [0.25, 0.3) is 0 Å². The van der Waals surface area contributed by atoms with Crippen molar-refractivity contribution in [3.63, 3.8) is 0 Å². The van der Waals surface area contributed by atoms with E-state index in [0.29, 0.717) is 6.61 Å². The van der Waals surface area contributed by atoms with E-state index in [9.17, 15) is 5.11 Å². The molecule has 2 nitrogen and oxygen atoms in total. The van der Waals surface area contributed by atoms with Crippen LogP contribution in [-0.2, 0) is 11.3 Å². The minimum atomic E-state index is -0.347. The van der Waals surface area contributed by atoms with Crippen LogP contribution in [0.15, 0.2) is 30.3 Å². The first-order chi connectivity index (χ1) is 8.09. The highest BCUT2D eigenvalue weighted by atomic mass is 16.5. The third-order valence-electron chi connectivity index (χ3n) is 3.77. The van der Waals surface area contributed by atoms with Crippen molar-refractivity contribution in [2.45, 2.75) is 51.9 Å². The fraction of sp³-hybridized carbons (Fsp3) is 0.600. The van der Waals surface area contributed by atoms with Crippen LogP contribution in [0.1, 0.15) is 38.7 Å². The average molecular weight is 234 g/mol. The third-order valence-corrected chi connectivity index (χ3v) is 3.77. The maximum Gasteiger partial charge on any atom is 0.0852 e. The Labute approximate surface area is 104 Å². The topological polar surface area (TPSA) is 29.5 Å². The molecule has 94 valence electrons. The first-order valence-electron chi connectivity index (χ1n) is 6.43. The Bertz CT molecular complexity index is 345. The van der Waals surface area contributed by atoms with E-state index in [4.69, 9.17) is 4.74 Å². The summed E-state index contributed by atoms with van der Waals surface area (Å²) in [5, 5.41) is 10.2. The lowest BCUT2D eigenvalue weighted by Gasteiger charge is -2.40. The second kappa shape index (κ2) is 5.19. The van der Waals surface area contributed by atoms with E-state index < -0.39 is 0 Å². The lowest BCUT2D eigenvalue weighted by Crippen LogP contribution is -2.44. The van der Waals surface area contributed by atoms with Gasteiger partial charge in [0.05, 0.1) is 18.8 Å². The Morgan fingerprint density at radius 2 is 2.00 bits per heavy atom. The summed E-state index contributed by atoms with van der Waals surface area (Å²) in [5.74, 6) is 0. The molecule has 0 heterocycles. The minimum absolute atomic E-state index is 0.0143. The molecule has 0 spiro atoms. The molecule has 1 fully saturated rings. The predicted molar refractivity (Wildman–Crippen MR) is 68.7 cm³/mol. The van der Waals surface area contributed by atoms with E-state index in [1.807, 2.05) is 18.2 Å². The molecule has 1 saturated carbocycles. The van der Waals surface area contributed by atoms with Gasteiger partial charge in [-0.15, -0.1) is 0 Å². The lowest BCUT2D eigenvalue weighted by atomic mass is 9.73. The van der Waals surface area contributed by atoms with Crippen molar-refractivity contribution >= 4 is 0 Å². The average Bonchev–Trinajstić information content (AvgIpc) is 2.32. The highest BCUT2D eigenvalue weighted by molar-refractivity contribution is 5.13. The van der Waals surface area contributed by atoms with Crippen LogP contribution in [0.4, 0.5) is 0 Å². The fourth-order valence-electron chi connectivity index (χ4n) is 2.52. The van der Waals surface area contributed by atoms with Crippen molar-refractivity contribution in [3.05, 3.63) is 35.9 Å². The molecule has 0 aromatic heterocycles. The van der Waals surface area contributed by atoms with Gasteiger partial charge in [0.1, 0.15) is 0 Å². The maximum atomic E-state index is 10.2. The molecule has 1 aromatic carbocycles. The molecule has 0 aliphatic heterocycles. The van der Waals surface area contributed by atoms with Crippen molar-refractivity contribution in [3.8, 4) is 0 Å². The van der Waals surface area contributed by atoms with E-state index in [1.165, 1.54) is 5.56 Å². The summed E-state index contributed by atoms with van der Waals surface area (Å²) < 4.78 is 5.87. The summed E-state index contributed by atoms with van der Waals surface area (Å²) >= 11 is 0. The summed E-state index contributed by atoms with van der Waals surface area (Å²) in [5.41, 5.74) is 1.16. The molecule has 2 unspecified atom stereocenters. The molecular formula is C15H22O2. The van der Waals surface area contributed by atoms with Crippen molar-refractivity contribution in [1.82, 2.24) is 0 Å². The number of aliphatic hydroxyl groups is 1. The standard InChI is InChI=1S/C15H22O2/c1-15(2)10-6-9-13(14(15)16)17-11-12-7-4-3-5-8-12/h3-5,7-8,13-14,16H,6,9-11H2,1-2H3. The van der Waals surface area contributed by atoms with E-state index in [2.05, 4.69) is 26.0 Å². The van der Waals surface area contributed by atoms with E-state index in [0.717, 1.165) is 19.3 Å². The summed E-state index contributed by atoms with van der Waals surface area (Å²) in [6.45, 7) is 4.84. The van der Waals surface area contributed by atoms with Crippen LogP contribution in [0.3, 0.4) is 0 Å². The monoisotopic (exact) mass is 234 g/mol. The van der Waals surface area contributed by atoms with Gasteiger partial charge in [-0.2, -0.15) is 0 Å². The maximum absolute atomic E-state index is 10.2. The Kier molecular flexibility index (Phi) is 3.85. The van der Waals surface area contributed by atoms with Gasteiger partial charge in [-0.1, -0.05) is 50.6 Å². The molecule has 2 heteroatoms. The number of hydrogen-bond acceptors (Lipinski definition) is 2. The minimum Gasteiger partial charge on any atom is -0.390 e. The Morgan fingerprint density at radius 3 is 2.71 bits per heavy atom. The second-order valence-corrected chi connectivity index (χ2v) is 5.66. The zero-order valence-corrected chi connectivity index (χ0v) is 10.7. The SMILES string of the molecule is CC1(C)CCCC(OCc2ccccc2)C1O. The van der Waals surface area contributed by atoms with Crippen LogP contribution in [0.5, 0.6) is 0 Å². The van der Waals surface area contributed by atoms with Gasteiger partial charge in [-0.3, -0.25) is 0 Å². The highest BCUT2D eigenvalue weighted by Crippen LogP contribution is 2.37. The molecule has 2 atom stereocenters. The summed E-state index contributed by atoms with van der Waals surface area (Å²) in [6, 6.07) is 10.1. The Balaban J connectivity index is 1.91. The quantitative estimate of drug-likeness (QED) is 0.870. The molecule has 2 rings (SSSR count). The highest BCUT2D eigenvalue weighted by Gasteiger charge is 2.38. The number of ether oxygens (including phenoxy) is 1. The van der Waals surface area contributed by atoms with Crippen LogP contribution >= 0.6 is 0 Å². The van der Waals surface area contributed by atoms with Gasteiger partial charge in [0, 0.05) is 0 Å². The van der Waals surface area contributed by atoms with Gasteiger partial charge >= 0.3 is 0 Å². The number of rotatable bonds is 3. The zero-order chi connectivity index (χ0) is 12.3. The molecule has 0 radical (unpaired) electrons.